The number of para-hydroxylation sites is 1. The van der Waals surface area contributed by atoms with Gasteiger partial charge in [0.05, 0.1) is 13.0 Å². The van der Waals surface area contributed by atoms with Crippen LogP contribution in [0.2, 0.25) is 0 Å². The molecular formula is C30H35N3O3. The molecule has 0 spiro atoms. The highest BCUT2D eigenvalue weighted by molar-refractivity contribution is 6.02. The number of anilines is 2. The lowest BCUT2D eigenvalue weighted by Gasteiger charge is -2.23. The maximum absolute atomic E-state index is 13.0. The number of nitrogens with one attached hydrogen (secondary N) is 2. The van der Waals surface area contributed by atoms with Gasteiger partial charge in [0.15, 0.2) is 0 Å². The van der Waals surface area contributed by atoms with E-state index in [0.29, 0.717) is 18.8 Å². The second-order valence-corrected chi connectivity index (χ2v) is 9.16. The Morgan fingerprint density at radius 1 is 0.917 bits per heavy atom. The summed E-state index contributed by atoms with van der Waals surface area (Å²) in [7, 11) is 0. The average Bonchev–Trinajstić information content (AvgIpc) is 3.12. The Morgan fingerprint density at radius 3 is 2.44 bits per heavy atom. The van der Waals surface area contributed by atoms with Gasteiger partial charge in [-0.1, -0.05) is 55.8 Å². The number of benzene rings is 3. The average molecular weight is 486 g/mol. The molecule has 0 unspecified atom stereocenters. The number of carbonyl (C=O) groups excluding carboxylic acids is 2. The van der Waals surface area contributed by atoms with Crippen LogP contribution < -0.4 is 20.3 Å². The Hall–Kier alpha value is -3.80. The summed E-state index contributed by atoms with van der Waals surface area (Å²) in [6.07, 6.45) is 5.48. The highest BCUT2D eigenvalue weighted by atomic mass is 16.5. The number of fused-ring (bicyclic) bond motifs is 1. The third kappa shape index (κ3) is 7.11. The van der Waals surface area contributed by atoms with Crippen LogP contribution in [-0.2, 0) is 24.2 Å². The quantitative estimate of drug-likeness (QED) is 0.360. The number of amides is 3. The molecule has 0 aromatic heterocycles. The van der Waals surface area contributed by atoms with E-state index in [1.165, 1.54) is 5.56 Å². The van der Waals surface area contributed by atoms with E-state index in [1.807, 2.05) is 71.6 Å². The second-order valence-electron chi connectivity index (χ2n) is 9.16. The summed E-state index contributed by atoms with van der Waals surface area (Å²) in [6, 6.07) is 23.3. The summed E-state index contributed by atoms with van der Waals surface area (Å²) in [5.41, 5.74) is 4.83. The number of unbranched alkanes of at least 4 members (excludes halogenated alkanes) is 1. The molecule has 0 bridgehead atoms. The van der Waals surface area contributed by atoms with Crippen LogP contribution in [0.1, 0.15) is 49.3 Å². The van der Waals surface area contributed by atoms with Crippen molar-refractivity contribution in [1.29, 1.82) is 0 Å². The maximum atomic E-state index is 13.0. The Kier molecular flexibility index (Phi) is 8.98. The minimum Gasteiger partial charge on any atom is -0.494 e. The smallest absolute Gasteiger partial charge is 0.326 e. The number of aryl methyl sites for hydroxylation is 1. The van der Waals surface area contributed by atoms with Crippen LogP contribution in [-0.4, -0.2) is 25.1 Å². The van der Waals surface area contributed by atoms with E-state index in [1.54, 1.807) is 0 Å². The van der Waals surface area contributed by atoms with Gasteiger partial charge in [-0.3, -0.25) is 9.69 Å². The number of rotatable bonds is 9. The van der Waals surface area contributed by atoms with E-state index in [0.717, 1.165) is 61.3 Å². The van der Waals surface area contributed by atoms with E-state index in [9.17, 15) is 9.59 Å². The Balaban J connectivity index is 1.25. The standard InChI is InChI=1S/C30H35N3O3/c1-2-3-20-36-27-17-13-24(14-18-27)22-31-29(34)21-23-11-15-26(16-12-23)32-30(35)33-19-7-6-9-25-8-4-5-10-28(25)33/h4-5,8,10-18H,2-3,6-7,9,19-22H2,1H3,(H,31,34)(H,32,35). The molecule has 36 heavy (non-hydrogen) atoms. The first-order valence-corrected chi connectivity index (χ1v) is 12.9. The predicted molar refractivity (Wildman–Crippen MR) is 145 cm³/mol. The molecule has 6 heteroatoms. The van der Waals surface area contributed by atoms with Crippen molar-refractivity contribution >= 4 is 23.3 Å². The third-order valence-electron chi connectivity index (χ3n) is 6.35. The molecule has 0 saturated heterocycles. The molecule has 2 N–H and O–H groups in total. The lowest BCUT2D eigenvalue weighted by atomic mass is 10.1. The van der Waals surface area contributed by atoms with Gasteiger partial charge in [0.25, 0.3) is 0 Å². The molecule has 6 nitrogen and oxygen atoms in total. The zero-order valence-corrected chi connectivity index (χ0v) is 21.0. The number of hydrogen-bond donors (Lipinski definition) is 2. The molecule has 1 heterocycles. The molecule has 3 amide bonds. The van der Waals surface area contributed by atoms with Gasteiger partial charge in [-0.25, -0.2) is 4.79 Å². The van der Waals surface area contributed by atoms with Crippen molar-refractivity contribution in [2.24, 2.45) is 0 Å². The van der Waals surface area contributed by atoms with Gasteiger partial charge in [0.2, 0.25) is 5.91 Å². The van der Waals surface area contributed by atoms with E-state index >= 15 is 0 Å². The van der Waals surface area contributed by atoms with Crippen molar-refractivity contribution in [3.8, 4) is 5.75 Å². The van der Waals surface area contributed by atoms with Crippen LogP contribution in [0, 0.1) is 0 Å². The van der Waals surface area contributed by atoms with Gasteiger partial charge in [0.1, 0.15) is 5.75 Å². The summed E-state index contributed by atoms with van der Waals surface area (Å²) in [5.74, 6) is 0.807. The minimum atomic E-state index is -0.128. The fourth-order valence-electron chi connectivity index (χ4n) is 4.29. The molecule has 1 aliphatic heterocycles. The Morgan fingerprint density at radius 2 is 1.67 bits per heavy atom. The number of urea groups is 1. The van der Waals surface area contributed by atoms with Crippen molar-refractivity contribution in [2.75, 3.05) is 23.4 Å². The first-order chi connectivity index (χ1) is 17.6. The van der Waals surface area contributed by atoms with Crippen molar-refractivity contribution in [2.45, 2.75) is 52.0 Å². The molecule has 4 rings (SSSR count). The Labute approximate surface area is 213 Å². The van der Waals surface area contributed by atoms with Crippen LogP contribution >= 0.6 is 0 Å². The fourth-order valence-corrected chi connectivity index (χ4v) is 4.29. The van der Waals surface area contributed by atoms with Crippen LogP contribution in [0.15, 0.2) is 72.8 Å². The van der Waals surface area contributed by atoms with Crippen LogP contribution in [0.4, 0.5) is 16.2 Å². The van der Waals surface area contributed by atoms with E-state index in [4.69, 9.17) is 4.74 Å². The maximum Gasteiger partial charge on any atom is 0.326 e. The molecule has 3 aromatic rings. The highest BCUT2D eigenvalue weighted by Crippen LogP contribution is 2.27. The highest BCUT2D eigenvalue weighted by Gasteiger charge is 2.20. The molecule has 0 saturated carbocycles. The molecule has 188 valence electrons. The fraction of sp³-hybridized carbons (Fsp3) is 0.333. The monoisotopic (exact) mass is 485 g/mol. The molecule has 1 aliphatic rings. The van der Waals surface area contributed by atoms with Crippen molar-refractivity contribution in [1.82, 2.24) is 5.32 Å². The number of nitrogens with zero attached hydrogens (tertiary/aromatic N) is 1. The van der Waals surface area contributed by atoms with Crippen LogP contribution in [0.5, 0.6) is 5.75 Å². The second kappa shape index (κ2) is 12.8. The van der Waals surface area contributed by atoms with Crippen molar-refractivity contribution in [3.05, 3.63) is 89.5 Å². The van der Waals surface area contributed by atoms with E-state index in [2.05, 4.69) is 23.6 Å². The van der Waals surface area contributed by atoms with Gasteiger partial charge in [0, 0.05) is 24.5 Å². The van der Waals surface area contributed by atoms with E-state index in [-0.39, 0.29) is 18.4 Å². The summed E-state index contributed by atoms with van der Waals surface area (Å²) < 4.78 is 5.68. The van der Waals surface area contributed by atoms with E-state index < -0.39 is 0 Å². The van der Waals surface area contributed by atoms with Crippen LogP contribution in [0.25, 0.3) is 0 Å². The summed E-state index contributed by atoms with van der Waals surface area (Å²) in [5, 5.41) is 5.97. The lowest BCUT2D eigenvalue weighted by Crippen LogP contribution is -2.35. The van der Waals surface area contributed by atoms with Gasteiger partial charge < -0.3 is 15.4 Å². The SMILES string of the molecule is CCCCOc1ccc(CNC(=O)Cc2ccc(NC(=O)N3CCCCc4ccccc43)cc2)cc1. The zero-order valence-electron chi connectivity index (χ0n) is 21.0. The van der Waals surface area contributed by atoms with Gasteiger partial charge in [-0.05, 0) is 72.7 Å². The lowest BCUT2D eigenvalue weighted by molar-refractivity contribution is -0.120. The summed E-state index contributed by atoms with van der Waals surface area (Å²) in [4.78, 5) is 27.3. The van der Waals surface area contributed by atoms with Crippen LogP contribution in [0.3, 0.4) is 0 Å². The summed E-state index contributed by atoms with van der Waals surface area (Å²) >= 11 is 0. The molecule has 0 radical (unpaired) electrons. The molecule has 0 fully saturated rings. The zero-order chi connectivity index (χ0) is 25.2. The molecule has 3 aromatic carbocycles. The van der Waals surface area contributed by atoms with Gasteiger partial charge >= 0.3 is 6.03 Å². The normalized spacial score (nSPS) is 12.9. The first kappa shape index (κ1) is 25.3. The number of ether oxygens (including phenoxy) is 1. The minimum absolute atomic E-state index is 0.0452. The summed E-state index contributed by atoms with van der Waals surface area (Å²) in [6.45, 7) is 4.04. The Bertz CT molecular complexity index is 1140. The number of hydrogen-bond acceptors (Lipinski definition) is 3. The third-order valence-corrected chi connectivity index (χ3v) is 6.35. The largest absolute Gasteiger partial charge is 0.494 e. The van der Waals surface area contributed by atoms with Gasteiger partial charge in [-0.2, -0.15) is 0 Å². The predicted octanol–water partition coefficient (Wildman–Crippen LogP) is 6.10. The topological polar surface area (TPSA) is 70.7 Å². The van der Waals surface area contributed by atoms with Crippen molar-refractivity contribution in [3.63, 3.8) is 0 Å². The van der Waals surface area contributed by atoms with Gasteiger partial charge in [-0.15, -0.1) is 0 Å². The molecule has 0 aliphatic carbocycles. The molecular weight excluding hydrogens is 450 g/mol. The first-order valence-electron chi connectivity index (χ1n) is 12.9. The van der Waals surface area contributed by atoms with Crippen molar-refractivity contribution < 1.29 is 14.3 Å². The number of carbonyl (C=O) groups is 2. The molecule has 0 atom stereocenters.